The number of halogens is 1. The first-order valence-electron chi connectivity index (χ1n) is 5.85. The molecule has 0 aromatic heterocycles. The third-order valence-electron chi connectivity index (χ3n) is 2.96. The molecule has 0 unspecified atom stereocenters. The Labute approximate surface area is 116 Å². The van der Waals surface area contributed by atoms with Crippen LogP contribution in [0.2, 0.25) is 5.02 Å². The van der Waals surface area contributed by atoms with Gasteiger partial charge in [-0.25, -0.2) is 0 Å². The van der Waals surface area contributed by atoms with Crippen molar-refractivity contribution in [2.45, 2.75) is 13.8 Å². The number of aromatic hydroxyl groups is 1. The van der Waals surface area contributed by atoms with Crippen LogP contribution in [0.5, 0.6) is 5.75 Å². The van der Waals surface area contributed by atoms with E-state index in [-0.39, 0.29) is 16.7 Å². The lowest BCUT2D eigenvalue weighted by atomic mass is 10.1. The molecule has 0 aliphatic rings. The fraction of sp³-hybridized carbons (Fsp3) is 0.133. The zero-order valence-electron chi connectivity index (χ0n) is 10.7. The van der Waals surface area contributed by atoms with E-state index in [0.29, 0.717) is 22.4 Å². The number of phenols is 1. The highest BCUT2D eigenvalue weighted by molar-refractivity contribution is 6.33. The molecule has 2 aromatic carbocycles. The Hall–Kier alpha value is -2.00. The van der Waals surface area contributed by atoms with Crippen molar-refractivity contribution in [3.05, 3.63) is 58.1 Å². The fourth-order valence-electron chi connectivity index (χ4n) is 1.78. The van der Waals surface area contributed by atoms with E-state index in [2.05, 4.69) is 5.32 Å². The van der Waals surface area contributed by atoms with Gasteiger partial charge in [-0.05, 0) is 43.2 Å². The number of aryl methyl sites for hydroxylation is 1. The average molecular weight is 276 g/mol. The number of phenolic OH excluding ortho intramolecular Hbond substituents is 1. The standard InChI is InChI=1S/C15H14ClNO2/c1-9-8-12(10(2)13(16)14(9)18)17-15(19)11-6-4-3-5-7-11/h3-8,18H,1-2H3,(H,17,19). The van der Waals surface area contributed by atoms with Gasteiger partial charge in [-0.3, -0.25) is 4.79 Å². The van der Waals surface area contributed by atoms with Crippen molar-refractivity contribution in [1.29, 1.82) is 0 Å². The maximum atomic E-state index is 12.1. The number of nitrogens with one attached hydrogen (secondary N) is 1. The van der Waals surface area contributed by atoms with Crippen LogP contribution in [-0.2, 0) is 0 Å². The summed E-state index contributed by atoms with van der Waals surface area (Å²) in [5, 5.41) is 12.8. The van der Waals surface area contributed by atoms with Crippen molar-refractivity contribution < 1.29 is 9.90 Å². The van der Waals surface area contributed by atoms with Crippen LogP contribution < -0.4 is 5.32 Å². The van der Waals surface area contributed by atoms with E-state index in [4.69, 9.17) is 11.6 Å². The smallest absolute Gasteiger partial charge is 0.255 e. The second-order valence-electron chi connectivity index (χ2n) is 4.35. The highest BCUT2D eigenvalue weighted by Crippen LogP contribution is 2.35. The fourth-order valence-corrected chi connectivity index (χ4v) is 2.03. The minimum atomic E-state index is -0.204. The van der Waals surface area contributed by atoms with E-state index >= 15 is 0 Å². The molecule has 3 nitrogen and oxygen atoms in total. The first kappa shape index (κ1) is 13.4. The Morgan fingerprint density at radius 3 is 2.47 bits per heavy atom. The number of rotatable bonds is 2. The van der Waals surface area contributed by atoms with Gasteiger partial charge in [0.25, 0.3) is 5.91 Å². The van der Waals surface area contributed by atoms with Crippen LogP contribution in [0.15, 0.2) is 36.4 Å². The second-order valence-corrected chi connectivity index (χ2v) is 4.73. The largest absolute Gasteiger partial charge is 0.506 e. The summed E-state index contributed by atoms with van der Waals surface area (Å²) in [6.07, 6.45) is 0. The van der Waals surface area contributed by atoms with Gasteiger partial charge in [0.2, 0.25) is 0 Å². The molecule has 0 saturated heterocycles. The van der Waals surface area contributed by atoms with E-state index in [1.165, 1.54) is 0 Å². The number of amides is 1. The zero-order valence-corrected chi connectivity index (χ0v) is 11.5. The molecule has 0 atom stereocenters. The molecule has 0 aliphatic heterocycles. The molecule has 0 fully saturated rings. The molecule has 0 bridgehead atoms. The molecule has 0 aliphatic carbocycles. The Balaban J connectivity index is 2.32. The molecule has 0 spiro atoms. The van der Waals surface area contributed by atoms with E-state index < -0.39 is 0 Å². The van der Waals surface area contributed by atoms with Gasteiger partial charge in [0.15, 0.2) is 0 Å². The molecule has 0 radical (unpaired) electrons. The van der Waals surface area contributed by atoms with Crippen LogP contribution in [0.4, 0.5) is 5.69 Å². The quantitative estimate of drug-likeness (QED) is 0.816. The highest BCUT2D eigenvalue weighted by atomic mass is 35.5. The highest BCUT2D eigenvalue weighted by Gasteiger charge is 2.13. The summed E-state index contributed by atoms with van der Waals surface area (Å²) in [6, 6.07) is 10.6. The minimum Gasteiger partial charge on any atom is -0.506 e. The lowest BCUT2D eigenvalue weighted by Gasteiger charge is -2.13. The van der Waals surface area contributed by atoms with Crippen LogP contribution in [-0.4, -0.2) is 11.0 Å². The van der Waals surface area contributed by atoms with Gasteiger partial charge in [0.05, 0.1) is 5.02 Å². The van der Waals surface area contributed by atoms with Gasteiger partial charge in [-0.15, -0.1) is 0 Å². The Kier molecular flexibility index (Phi) is 3.76. The maximum absolute atomic E-state index is 12.1. The molecule has 2 rings (SSSR count). The van der Waals surface area contributed by atoms with E-state index in [1.54, 1.807) is 44.2 Å². The van der Waals surface area contributed by atoms with Crippen molar-refractivity contribution >= 4 is 23.2 Å². The van der Waals surface area contributed by atoms with E-state index in [9.17, 15) is 9.90 Å². The molecule has 98 valence electrons. The predicted molar refractivity (Wildman–Crippen MR) is 77.0 cm³/mol. The molecule has 19 heavy (non-hydrogen) atoms. The monoisotopic (exact) mass is 275 g/mol. The molecular weight excluding hydrogens is 262 g/mol. The third kappa shape index (κ3) is 2.71. The molecule has 2 aromatic rings. The summed E-state index contributed by atoms with van der Waals surface area (Å²) in [5.74, 6) is -0.151. The number of hydrogen-bond acceptors (Lipinski definition) is 2. The van der Waals surface area contributed by atoms with E-state index in [1.807, 2.05) is 6.07 Å². The number of benzene rings is 2. The molecule has 1 amide bonds. The number of carbonyl (C=O) groups is 1. The summed E-state index contributed by atoms with van der Waals surface area (Å²) in [4.78, 5) is 12.1. The lowest BCUT2D eigenvalue weighted by molar-refractivity contribution is 0.102. The first-order valence-corrected chi connectivity index (χ1v) is 6.23. The van der Waals surface area contributed by atoms with Gasteiger partial charge in [-0.1, -0.05) is 29.8 Å². The van der Waals surface area contributed by atoms with Crippen LogP contribution in [0.25, 0.3) is 0 Å². The van der Waals surface area contributed by atoms with Crippen LogP contribution >= 0.6 is 11.6 Å². The van der Waals surface area contributed by atoms with Gasteiger partial charge < -0.3 is 10.4 Å². The third-order valence-corrected chi connectivity index (χ3v) is 3.42. The minimum absolute atomic E-state index is 0.0527. The van der Waals surface area contributed by atoms with E-state index in [0.717, 1.165) is 0 Å². The van der Waals surface area contributed by atoms with Crippen LogP contribution in [0.3, 0.4) is 0 Å². The Morgan fingerprint density at radius 1 is 1.21 bits per heavy atom. The normalized spacial score (nSPS) is 10.3. The topological polar surface area (TPSA) is 49.3 Å². The number of anilines is 1. The summed E-state index contributed by atoms with van der Waals surface area (Å²) in [6.45, 7) is 3.49. The number of hydrogen-bond donors (Lipinski definition) is 2. The van der Waals surface area contributed by atoms with Crippen molar-refractivity contribution in [2.24, 2.45) is 0 Å². The van der Waals surface area contributed by atoms with Crippen LogP contribution in [0, 0.1) is 13.8 Å². The van der Waals surface area contributed by atoms with Gasteiger partial charge >= 0.3 is 0 Å². The van der Waals surface area contributed by atoms with Crippen LogP contribution in [0.1, 0.15) is 21.5 Å². The molecule has 4 heteroatoms. The Morgan fingerprint density at radius 2 is 1.84 bits per heavy atom. The summed E-state index contributed by atoms with van der Waals surface area (Å²) in [7, 11) is 0. The van der Waals surface area contributed by atoms with Crippen molar-refractivity contribution in [3.8, 4) is 5.75 Å². The molecule has 0 saturated carbocycles. The lowest BCUT2D eigenvalue weighted by Crippen LogP contribution is -2.12. The second kappa shape index (κ2) is 5.33. The SMILES string of the molecule is Cc1cc(NC(=O)c2ccccc2)c(C)c(Cl)c1O. The zero-order chi connectivity index (χ0) is 14.0. The first-order chi connectivity index (χ1) is 9.00. The van der Waals surface area contributed by atoms with Gasteiger partial charge in [-0.2, -0.15) is 0 Å². The van der Waals surface area contributed by atoms with Gasteiger partial charge in [0.1, 0.15) is 5.75 Å². The molecular formula is C15H14ClNO2. The van der Waals surface area contributed by atoms with Crippen molar-refractivity contribution in [3.63, 3.8) is 0 Å². The number of carbonyl (C=O) groups excluding carboxylic acids is 1. The van der Waals surface area contributed by atoms with Crippen molar-refractivity contribution in [1.82, 2.24) is 0 Å². The van der Waals surface area contributed by atoms with Crippen molar-refractivity contribution in [2.75, 3.05) is 5.32 Å². The predicted octanol–water partition coefficient (Wildman–Crippen LogP) is 3.91. The summed E-state index contributed by atoms with van der Waals surface area (Å²) in [5.41, 5.74) is 2.45. The molecule has 2 N–H and O–H groups in total. The summed E-state index contributed by atoms with van der Waals surface area (Å²) < 4.78 is 0. The Bertz CT molecular complexity index is 624. The average Bonchev–Trinajstić information content (AvgIpc) is 2.43. The van der Waals surface area contributed by atoms with Gasteiger partial charge in [0, 0.05) is 11.3 Å². The maximum Gasteiger partial charge on any atom is 0.255 e. The summed E-state index contributed by atoms with van der Waals surface area (Å²) >= 11 is 6.02. The molecule has 0 heterocycles.